The molecule has 6 heteroatoms. The number of nitrogen functional groups attached to an aromatic ring is 1. The minimum atomic E-state index is -2.62. The fourth-order valence-electron chi connectivity index (χ4n) is 1.53. The number of nitrogens with two attached hydrogens (primary N) is 1. The summed E-state index contributed by atoms with van der Waals surface area (Å²) < 4.78 is 25.6. The highest BCUT2D eigenvalue weighted by Crippen LogP contribution is 2.38. The summed E-state index contributed by atoms with van der Waals surface area (Å²) >= 11 is 1.04. The monoisotopic (exact) mass is 239 g/mol. The number of fused-ring (bicyclic) bond motifs is 1. The summed E-state index contributed by atoms with van der Waals surface area (Å²) in [5.74, 6) is 0. The second-order valence-corrected chi connectivity index (χ2v) is 4.29. The first kappa shape index (κ1) is 10.8. The maximum absolute atomic E-state index is 12.8. The lowest BCUT2D eigenvalue weighted by atomic mass is 10.1. The number of aromatic nitrogens is 1. The minimum absolute atomic E-state index is 0.102. The highest BCUT2D eigenvalue weighted by atomic mass is 32.1. The SMILES string of the molecule is Cc1cc(C(F)F)c2c(N)c(C#N)sc2n1. The van der Waals surface area contributed by atoms with E-state index in [2.05, 4.69) is 4.98 Å². The first-order valence-electron chi connectivity index (χ1n) is 4.42. The Balaban J connectivity index is 2.90. The van der Waals surface area contributed by atoms with Crippen LogP contribution in [-0.2, 0) is 0 Å². The van der Waals surface area contributed by atoms with Gasteiger partial charge in [-0.2, -0.15) is 5.26 Å². The van der Waals surface area contributed by atoms with Crippen LogP contribution in [0.15, 0.2) is 6.07 Å². The lowest BCUT2D eigenvalue weighted by Gasteiger charge is -2.03. The second kappa shape index (κ2) is 3.68. The molecule has 0 aliphatic carbocycles. The van der Waals surface area contributed by atoms with Gasteiger partial charge in [0.15, 0.2) is 0 Å². The molecule has 82 valence electrons. The number of aryl methyl sites for hydroxylation is 1. The lowest BCUT2D eigenvalue weighted by Crippen LogP contribution is -1.93. The summed E-state index contributed by atoms with van der Waals surface area (Å²) in [6.45, 7) is 1.63. The van der Waals surface area contributed by atoms with Crippen molar-refractivity contribution in [3.63, 3.8) is 0 Å². The second-order valence-electron chi connectivity index (χ2n) is 3.29. The van der Waals surface area contributed by atoms with Gasteiger partial charge in [0, 0.05) is 16.6 Å². The first-order chi connectivity index (χ1) is 7.54. The summed E-state index contributed by atoms with van der Waals surface area (Å²) in [7, 11) is 0. The van der Waals surface area contributed by atoms with Crippen LogP contribution in [0.2, 0.25) is 0 Å². The summed E-state index contributed by atoms with van der Waals surface area (Å²) in [6.07, 6.45) is -2.62. The number of nitriles is 1. The van der Waals surface area contributed by atoms with Crippen molar-refractivity contribution in [2.45, 2.75) is 13.3 Å². The molecule has 0 radical (unpaired) electrons. The van der Waals surface area contributed by atoms with E-state index in [-0.39, 0.29) is 21.5 Å². The van der Waals surface area contributed by atoms with Gasteiger partial charge in [-0.05, 0) is 13.0 Å². The van der Waals surface area contributed by atoms with Gasteiger partial charge >= 0.3 is 0 Å². The van der Waals surface area contributed by atoms with Crippen LogP contribution in [0.1, 0.15) is 22.6 Å². The van der Waals surface area contributed by atoms with Gasteiger partial charge in [-0.15, -0.1) is 11.3 Å². The van der Waals surface area contributed by atoms with Crippen molar-refractivity contribution in [2.75, 3.05) is 5.73 Å². The van der Waals surface area contributed by atoms with E-state index in [0.717, 1.165) is 11.3 Å². The van der Waals surface area contributed by atoms with Crippen LogP contribution < -0.4 is 5.73 Å². The number of thiophene rings is 1. The predicted octanol–water partition coefficient (Wildman–Crippen LogP) is 3.00. The van der Waals surface area contributed by atoms with Crippen molar-refractivity contribution in [1.82, 2.24) is 4.98 Å². The molecule has 0 aliphatic heterocycles. The number of anilines is 1. The van der Waals surface area contributed by atoms with E-state index in [9.17, 15) is 8.78 Å². The highest BCUT2D eigenvalue weighted by molar-refractivity contribution is 7.19. The van der Waals surface area contributed by atoms with Gasteiger partial charge < -0.3 is 5.73 Å². The molecule has 2 aromatic rings. The molecule has 16 heavy (non-hydrogen) atoms. The lowest BCUT2D eigenvalue weighted by molar-refractivity contribution is 0.153. The van der Waals surface area contributed by atoms with Gasteiger partial charge in [-0.3, -0.25) is 0 Å². The average Bonchev–Trinajstić information content (AvgIpc) is 2.54. The van der Waals surface area contributed by atoms with Crippen LogP contribution in [0.3, 0.4) is 0 Å². The normalized spacial score (nSPS) is 10.9. The van der Waals surface area contributed by atoms with E-state index in [1.165, 1.54) is 6.07 Å². The molecule has 0 atom stereocenters. The molecule has 2 rings (SSSR count). The number of hydrogen-bond donors (Lipinski definition) is 1. The predicted molar refractivity (Wildman–Crippen MR) is 58.4 cm³/mol. The molecule has 0 fully saturated rings. The number of halogens is 2. The maximum Gasteiger partial charge on any atom is 0.264 e. The van der Waals surface area contributed by atoms with Gasteiger partial charge in [-0.1, -0.05) is 0 Å². The van der Waals surface area contributed by atoms with Crippen molar-refractivity contribution in [2.24, 2.45) is 0 Å². The molecule has 0 aromatic carbocycles. The summed E-state index contributed by atoms with van der Waals surface area (Å²) in [4.78, 5) is 4.73. The van der Waals surface area contributed by atoms with Crippen molar-refractivity contribution in [1.29, 1.82) is 5.26 Å². The zero-order valence-electron chi connectivity index (χ0n) is 8.29. The fourth-order valence-corrected chi connectivity index (χ4v) is 2.50. The minimum Gasteiger partial charge on any atom is -0.396 e. The Labute approximate surface area is 94.1 Å². The molecule has 0 aliphatic rings. The Morgan fingerprint density at radius 2 is 2.25 bits per heavy atom. The van der Waals surface area contributed by atoms with Crippen molar-refractivity contribution in [3.8, 4) is 6.07 Å². The summed E-state index contributed by atoms with van der Waals surface area (Å²) in [5, 5.41) is 8.99. The van der Waals surface area contributed by atoms with Crippen LogP contribution in [0, 0.1) is 18.3 Å². The van der Waals surface area contributed by atoms with Gasteiger partial charge in [0.05, 0.1) is 5.69 Å². The van der Waals surface area contributed by atoms with E-state index in [1.807, 2.05) is 6.07 Å². The topological polar surface area (TPSA) is 62.7 Å². The Morgan fingerprint density at radius 1 is 1.56 bits per heavy atom. The molecule has 0 bridgehead atoms. The number of alkyl halides is 2. The molecular weight excluding hydrogens is 232 g/mol. The molecule has 0 spiro atoms. The van der Waals surface area contributed by atoms with E-state index >= 15 is 0 Å². The number of hydrogen-bond acceptors (Lipinski definition) is 4. The Morgan fingerprint density at radius 3 is 2.81 bits per heavy atom. The van der Waals surface area contributed by atoms with Crippen LogP contribution >= 0.6 is 11.3 Å². The summed E-state index contributed by atoms with van der Waals surface area (Å²) in [6, 6.07) is 3.18. The Hall–Kier alpha value is -1.74. The molecule has 3 nitrogen and oxygen atoms in total. The maximum atomic E-state index is 12.8. The molecule has 0 saturated heterocycles. The quantitative estimate of drug-likeness (QED) is 0.832. The van der Waals surface area contributed by atoms with Crippen LogP contribution in [0.4, 0.5) is 14.5 Å². The Bertz CT molecular complexity index is 598. The molecule has 2 aromatic heterocycles. The van der Waals surface area contributed by atoms with Gasteiger partial charge in [0.25, 0.3) is 6.43 Å². The average molecular weight is 239 g/mol. The van der Waals surface area contributed by atoms with Crippen LogP contribution in [0.5, 0.6) is 0 Å². The highest BCUT2D eigenvalue weighted by Gasteiger charge is 2.19. The van der Waals surface area contributed by atoms with Crippen molar-refractivity contribution in [3.05, 3.63) is 22.2 Å². The third kappa shape index (κ3) is 1.49. The molecule has 0 unspecified atom stereocenters. The summed E-state index contributed by atoms with van der Waals surface area (Å²) in [5.41, 5.74) is 6.09. The smallest absolute Gasteiger partial charge is 0.264 e. The van der Waals surface area contributed by atoms with E-state index in [0.29, 0.717) is 10.5 Å². The number of rotatable bonds is 1. The van der Waals surface area contributed by atoms with Gasteiger partial charge in [-0.25, -0.2) is 13.8 Å². The van der Waals surface area contributed by atoms with Crippen molar-refractivity contribution < 1.29 is 8.78 Å². The van der Waals surface area contributed by atoms with E-state index in [4.69, 9.17) is 11.0 Å². The zero-order valence-corrected chi connectivity index (χ0v) is 9.11. The van der Waals surface area contributed by atoms with Crippen LogP contribution in [-0.4, -0.2) is 4.98 Å². The number of nitrogens with zero attached hydrogens (tertiary/aromatic N) is 2. The molecule has 0 amide bonds. The first-order valence-corrected chi connectivity index (χ1v) is 5.24. The van der Waals surface area contributed by atoms with Gasteiger partial charge in [0.1, 0.15) is 15.8 Å². The van der Waals surface area contributed by atoms with Crippen LogP contribution in [0.25, 0.3) is 10.2 Å². The Kier molecular flexibility index (Phi) is 2.48. The molecule has 2 N–H and O–H groups in total. The zero-order chi connectivity index (χ0) is 11.9. The molecule has 0 saturated carbocycles. The molecule has 2 heterocycles. The van der Waals surface area contributed by atoms with E-state index < -0.39 is 6.43 Å². The van der Waals surface area contributed by atoms with Gasteiger partial charge in [0.2, 0.25) is 0 Å². The largest absolute Gasteiger partial charge is 0.396 e. The fraction of sp³-hybridized carbons (Fsp3) is 0.200. The third-order valence-corrected chi connectivity index (χ3v) is 3.20. The molecular formula is C10H7F2N3S. The van der Waals surface area contributed by atoms with E-state index in [1.54, 1.807) is 6.92 Å². The number of pyridine rings is 1. The third-order valence-electron chi connectivity index (χ3n) is 2.19. The van der Waals surface area contributed by atoms with Crippen molar-refractivity contribution >= 4 is 27.2 Å². The standard InChI is InChI=1S/C10H7F2N3S/c1-4-2-5(9(11)12)7-8(14)6(3-13)16-10(7)15-4/h2,9H,14H2,1H3.